The lowest BCUT2D eigenvalue weighted by atomic mass is 10.1. The molecule has 2 aromatic carbocycles. The summed E-state index contributed by atoms with van der Waals surface area (Å²) in [4.78, 5) is 33.1. The molecule has 0 saturated carbocycles. The molecule has 2 amide bonds. The molecule has 1 aliphatic rings. The average molecular weight is 608 g/mol. The molecule has 4 rings (SSSR count). The Hall–Kier alpha value is -2.69. The van der Waals surface area contributed by atoms with E-state index in [0.29, 0.717) is 26.2 Å². The van der Waals surface area contributed by atoms with E-state index in [1.54, 1.807) is 16.3 Å². The lowest BCUT2D eigenvalue weighted by Gasteiger charge is -2.32. The largest absolute Gasteiger partial charge is 0.353 e. The standard InChI is InChI=1S/C29H38N6O2S.2ClH/c1-5-25-20-38-29(32-25)22-12-11-21(3)26(15-22)34(18-27(36)31-14-13-30-6-2)19-28(37)33(4)35-16-23-9-7-8-10-24(23)17-35;;/h7-12,15,20,30H,5-6,13-14,16-19H2,1-4H3,(H,31,36);2*1H. The summed E-state index contributed by atoms with van der Waals surface area (Å²) in [7, 11) is 1.81. The lowest BCUT2D eigenvalue weighted by Crippen LogP contribution is -2.48. The van der Waals surface area contributed by atoms with Crippen molar-refractivity contribution in [2.75, 3.05) is 44.7 Å². The summed E-state index contributed by atoms with van der Waals surface area (Å²) in [5.74, 6) is -0.176. The maximum absolute atomic E-state index is 13.5. The van der Waals surface area contributed by atoms with Gasteiger partial charge in [0.05, 0.1) is 18.8 Å². The number of amides is 2. The van der Waals surface area contributed by atoms with E-state index in [1.807, 2.05) is 49.0 Å². The zero-order chi connectivity index (χ0) is 27.1. The highest BCUT2D eigenvalue weighted by Gasteiger charge is 2.27. The molecular weight excluding hydrogens is 567 g/mol. The SMILES string of the molecule is CCNCCNC(=O)CN(CC(=O)N(C)N1Cc2ccccc2C1)c1cc(-c2nc(CC)cs2)ccc1C.Cl.Cl. The number of carbonyl (C=O) groups is 2. The highest BCUT2D eigenvalue weighted by atomic mass is 35.5. The van der Waals surface area contributed by atoms with E-state index in [-0.39, 0.29) is 49.7 Å². The van der Waals surface area contributed by atoms with Crippen LogP contribution < -0.4 is 15.5 Å². The molecule has 0 saturated heterocycles. The van der Waals surface area contributed by atoms with Crippen molar-refractivity contribution in [3.63, 3.8) is 0 Å². The number of carbonyl (C=O) groups excluding carboxylic acids is 2. The molecule has 1 aromatic heterocycles. The summed E-state index contributed by atoms with van der Waals surface area (Å²) in [6.45, 7) is 9.81. The van der Waals surface area contributed by atoms with Crippen molar-refractivity contribution in [1.82, 2.24) is 25.6 Å². The van der Waals surface area contributed by atoms with Crippen LogP contribution >= 0.6 is 36.2 Å². The Morgan fingerprint density at radius 2 is 1.73 bits per heavy atom. The number of rotatable bonds is 12. The zero-order valence-electron chi connectivity index (χ0n) is 23.6. The predicted octanol–water partition coefficient (Wildman–Crippen LogP) is 4.45. The number of thiazole rings is 1. The first-order valence-corrected chi connectivity index (χ1v) is 14.1. The molecule has 0 radical (unpaired) electrons. The molecule has 218 valence electrons. The molecule has 0 spiro atoms. The molecular formula is C29H40Cl2N6O2S. The minimum Gasteiger partial charge on any atom is -0.353 e. The van der Waals surface area contributed by atoms with E-state index in [0.717, 1.165) is 40.5 Å². The third kappa shape index (κ3) is 8.41. The van der Waals surface area contributed by atoms with Crippen LogP contribution in [0.3, 0.4) is 0 Å². The van der Waals surface area contributed by atoms with Gasteiger partial charge in [-0.3, -0.25) is 14.6 Å². The number of hydrazine groups is 1. The fourth-order valence-corrected chi connectivity index (χ4v) is 5.46. The minimum absolute atomic E-state index is 0. The number of halogens is 2. The highest BCUT2D eigenvalue weighted by molar-refractivity contribution is 7.13. The second-order valence-corrected chi connectivity index (χ2v) is 10.4. The number of likely N-dealkylation sites (N-methyl/N-ethyl adjacent to an activating group) is 2. The monoisotopic (exact) mass is 606 g/mol. The third-order valence-electron chi connectivity index (χ3n) is 6.85. The van der Waals surface area contributed by atoms with Crippen LogP contribution in [-0.2, 0) is 29.1 Å². The fourth-order valence-electron chi connectivity index (χ4n) is 4.56. The molecule has 40 heavy (non-hydrogen) atoms. The van der Waals surface area contributed by atoms with E-state index in [2.05, 4.69) is 47.2 Å². The Bertz CT molecular complexity index is 1250. The van der Waals surface area contributed by atoms with Gasteiger partial charge in [0.1, 0.15) is 5.01 Å². The fraction of sp³-hybridized carbons (Fsp3) is 0.414. The highest BCUT2D eigenvalue weighted by Crippen LogP contribution is 2.30. The Morgan fingerprint density at radius 3 is 2.35 bits per heavy atom. The summed E-state index contributed by atoms with van der Waals surface area (Å²) in [5.41, 5.74) is 6.40. The maximum Gasteiger partial charge on any atom is 0.256 e. The molecule has 1 aliphatic heterocycles. The van der Waals surface area contributed by atoms with Crippen LogP contribution in [0.1, 0.15) is 36.2 Å². The van der Waals surface area contributed by atoms with Gasteiger partial charge in [-0.1, -0.05) is 50.2 Å². The van der Waals surface area contributed by atoms with Gasteiger partial charge in [0.25, 0.3) is 5.91 Å². The number of fused-ring (bicyclic) bond motifs is 1. The van der Waals surface area contributed by atoms with Gasteiger partial charge in [0.15, 0.2) is 0 Å². The van der Waals surface area contributed by atoms with Crippen LogP contribution in [0.15, 0.2) is 47.8 Å². The van der Waals surface area contributed by atoms with Crippen molar-refractivity contribution in [2.24, 2.45) is 0 Å². The molecule has 2 N–H and O–H groups in total. The lowest BCUT2D eigenvalue weighted by molar-refractivity contribution is -0.145. The van der Waals surface area contributed by atoms with Gasteiger partial charge in [0, 0.05) is 49.9 Å². The second kappa shape index (κ2) is 15.9. The number of hydrogen-bond donors (Lipinski definition) is 2. The summed E-state index contributed by atoms with van der Waals surface area (Å²) >= 11 is 1.62. The Morgan fingerprint density at radius 1 is 1.02 bits per heavy atom. The number of benzene rings is 2. The van der Waals surface area contributed by atoms with E-state index < -0.39 is 0 Å². The van der Waals surface area contributed by atoms with Gasteiger partial charge in [-0.15, -0.1) is 36.2 Å². The van der Waals surface area contributed by atoms with Gasteiger partial charge >= 0.3 is 0 Å². The summed E-state index contributed by atoms with van der Waals surface area (Å²) in [6, 6.07) is 14.4. The van der Waals surface area contributed by atoms with Crippen molar-refractivity contribution in [2.45, 2.75) is 40.3 Å². The minimum atomic E-state index is -0.112. The number of aryl methyl sites for hydroxylation is 2. The number of anilines is 1. The average Bonchev–Trinajstić information content (AvgIpc) is 3.58. The molecule has 2 heterocycles. The van der Waals surface area contributed by atoms with Crippen LogP contribution in [0.25, 0.3) is 10.6 Å². The van der Waals surface area contributed by atoms with Gasteiger partial charge in [0.2, 0.25) is 5.91 Å². The number of nitrogens with zero attached hydrogens (tertiary/aromatic N) is 4. The van der Waals surface area contributed by atoms with Crippen molar-refractivity contribution >= 4 is 53.7 Å². The van der Waals surface area contributed by atoms with Crippen LogP contribution in [0.2, 0.25) is 0 Å². The van der Waals surface area contributed by atoms with E-state index in [1.165, 1.54) is 11.1 Å². The van der Waals surface area contributed by atoms with Crippen LogP contribution in [0.5, 0.6) is 0 Å². The molecule has 0 atom stereocenters. The second-order valence-electron chi connectivity index (χ2n) is 9.57. The smallest absolute Gasteiger partial charge is 0.256 e. The molecule has 0 unspecified atom stereocenters. The van der Waals surface area contributed by atoms with Gasteiger partial charge in [-0.05, 0) is 42.6 Å². The maximum atomic E-state index is 13.5. The summed E-state index contributed by atoms with van der Waals surface area (Å²) < 4.78 is 0. The Labute approximate surface area is 253 Å². The predicted molar refractivity (Wildman–Crippen MR) is 168 cm³/mol. The molecule has 0 fully saturated rings. The molecule has 8 nitrogen and oxygen atoms in total. The number of aromatic nitrogens is 1. The molecule has 3 aromatic rings. The van der Waals surface area contributed by atoms with Crippen molar-refractivity contribution in [1.29, 1.82) is 0 Å². The molecule has 0 aliphatic carbocycles. The third-order valence-corrected chi connectivity index (χ3v) is 7.79. The zero-order valence-corrected chi connectivity index (χ0v) is 26.1. The van der Waals surface area contributed by atoms with Gasteiger partial charge in [-0.2, -0.15) is 0 Å². The Kier molecular flexibility index (Phi) is 13.3. The first-order chi connectivity index (χ1) is 18.4. The van der Waals surface area contributed by atoms with E-state index >= 15 is 0 Å². The van der Waals surface area contributed by atoms with Gasteiger partial charge < -0.3 is 15.5 Å². The first kappa shape index (κ1) is 33.5. The van der Waals surface area contributed by atoms with Crippen LogP contribution in [0.4, 0.5) is 5.69 Å². The quantitative estimate of drug-likeness (QED) is 0.297. The number of hydrogen-bond acceptors (Lipinski definition) is 7. The number of nitrogens with one attached hydrogen (secondary N) is 2. The molecule has 11 heteroatoms. The summed E-state index contributed by atoms with van der Waals surface area (Å²) in [6.07, 6.45) is 0.885. The van der Waals surface area contributed by atoms with E-state index in [4.69, 9.17) is 4.98 Å². The van der Waals surface area contributed by atoms with Crippen LogP contribution in [-0.4, -0.2) is 66.6 Å². The van der Waals surface area contributed by atoms with Crippen LogP contribution in [0, 0.1) is 6.92 Å². The topological polar surface area (TPSA) is 80.8 Å². The molecule has 0 bridgehead atoms. The van der Waals surface area contributed by atoms with E-state index in [9.17, 15) is 9.59 Å². The van der Waals surface area contributed by atoms with Crippen molar-refractivity contribution in [3.8, 4) is 10.6 Å². The van der Waals surface area contributed by atoms with Crippen molar-refractivity contribution in [3.05, 3.63) is 70.2 Å². The van der Waals surface area contributed by atoms with Gasteiger partial charge in [-0.25, -0.2) is 9.99 Å². The Balaban J connectivity index is 0.00000280. The normalized spacial score (nSPS) is 12.2. The van der Waals surface area contributed by atoms with Crippen molar-refractivity contribution < 1.29 is 9.59 Å². The first-order valence-electron chi connectivity index (χ1n) is 13.3. The summed E-state index contributed by atoms with van der Waals surface area (Å²) in [5, 5.41) is 13.0.